The lowest BCUT2D eigenvalue weighted by molar-refractivity contribution is -0.402. The average Bonchev–Trinajstić information content (AvgIpc) is 3.13. The van der Waals surface area contributed by atoms with E-state index in [0.29, 0.717) is 5.76 Å². The summed E-state index contributed by atoms with van der Waals surface area (Å²) in [4.78, 5) is 22.0. The molecule has 0 aliphatic heterocycles. The molecule has 0 aliphatic rings. The zero-order valence-electron chi connectivity index (χ0n) is 12.5. The molecule has 2 heterocycles. The first kappa shape index (κ1) is 14.8. The molecule has 0 aliphatic carbocycles. The number of nitrogens with one attached hydrogen (secondary N) is 1. The van der Waals surface area contributed by atoms with Crippen molar-refractivity contribution in [2.75, 3.05) is 0 Å². The van der Waals surface area contributed by atoms with Gasteiger partial charge >= 0.3 is 5.88 Å². The third-order valence-corrected chi connectivity index (χ3v) is 3.62. The first-order valence-corrected chi connectivity index (χ1v) is 7.00. The SMILES string of the molecule is Cc1c(C(C)NC(=O)c2ccc([N+](=O)[O-])o2)oc2ccccc12. The van der Waals surface area contributed by atoms with Crippen molar-refractivity contribution in [1.29, 1.82) is 0 Å². The summed E-state index contributed by atoms with van der Waals surface area (Å²) in [6.45, 7) is 3.70. The molecule has 0 fully saturated rings. The molecule has 23 heavy (non-hydrogen) atoms. The average molecular weight is 314 g/mol. The summed E-state index contributed by atoms with van der Waals surface area (Å²) in [5.41, 5.74) is 1.69. The Morgan fingerprint density at radius 1 is 1.22 bits per heavy atom. The molecule has 0 saturated heterocycles. The lowest BCUT2D eigenvalue weighted by Gasteiger charge is -2.11. The highest BCUT2D eigenvalue weighted by Crippen LogP contribution is 2.29. The number of nitrogens with zero attached hydrogens (tertiary/aromatic N) is 1. The molecule has 0 bridgehead atoms. The van der Waals surface area contributed by atoms with Crippen LogP contribution >= 0.6 is 0 Å². The van der Waals surface area contributed by atoms with Crippen LogP contribution in [0.1, 0.15) is 34.8 Å². The van der Waals surface area contributed by atoms with E-state index < -0.39 is 22.8 Å². The number of nitro groups is 1. The van der Waals surface area contributed by atoms with Gasteiger partial charge in [-0.2, -0.15) is 0 Å². The Morgan fingerprint density at radius 2 is 1.96 bits per heavy atom. The minimum atomic E-state index is -0.691. The Morgan fingerprint density at radius 3 is 2.61 bits per heavy atom. The predicted molar refractivity (Wildman–Crippen MR) is 82.2 cm³/mol. The fourth-order valence-electron chi connectivity index (χ4n) is 2.49. The molecule has 1 N–H and O–H groups in total. The van der Waals surface area contributed by atoms with E-state index in [1.165, 1.54) is 6.07 Å². The quantitative estimate of drug-likeness (QED) is 0.584. The zero-order chi connectivity index (χ0) is 16.6. The van der Waals surface area contributed by atoms with Crippen LogP contribution in [0.5, 0.6) is 0 Å². The molecule has 0 spiro atoms. The molecule has 2 aromatic heterocycles. The normalized spacial score (nSPS) is 12.3. The van der Waals surface area contributed by atoms with Gasteiger partial charge in [-0.05, 0) is 26.0 Å². The molecule has 1 atom stereocenters. The zero-order valence-corrected chi connectivity index (χ0v) is 12.5. The van der Waals surface area contributed by atoms with Gasteiger partial charge in [-0.1, -0.05) is 18.2 Å². The topological polar surface area (TPSA) is 98.5 Å². The van der Waals surface area contributed by atoms with E-state index in [4.69, 9.17) is 8.83 Å². The summed E-state index contributed by atoms with van der Waals surface area (Å²) < 4.78 is 10.7. The number of hydrogen-bond acceptors (Lipinski definition) is 5. The lowest BCUT2D eigenvalue weighted by atomic mass is 10.1. The van der Waals surface area contributed by atoms with Crippen LogP contribution in [-0.4, -0.2) is 10.8 Å². The van der Waals surface area contributed by atoms with Gasteiger partial charge in [-0.3, -0.25) is 14.9 Å². The number of fused-ring (bicyclic) bond motifs is 1. The van der Waals surface area contributed by atoms with Crippen molar-refractivity contribution in [3.8, 4) is 0 Å². The van der Waals surface area contributed by atoms with Crippen molar-refractivity contribution >= 4 is 22.8 Å². The molecule has 3 aromatic rings. The molecule has 7 heteroatoms. The van der Waals surface area contributed by atoms with Gasteiger partial charge in [0.25, 0.3) is 5.91 Å². The first-order chi connectivity index (χ1) is 11.0. The van der Waals surface area contributed by atoms with Crippen LogP contribution in [0.15, 0.2) is 45.2 Å². The van der Waals surface area contributed by atoms with E-state index in [-0.39, 0.29) is 5.76 Å². The smallest absolute Gasteiger partial charge is 0.433 e. The Labute approximate surface area is 131 Å². The molecule has 1 aromatic carbocycles. The monoisotopic (exact) mass is 314 g/mol. The number of para-hydroxylation sites is 1. The van der Waals surface area contributed by atoms with Gasteiger partial charge in [-0.25, -0.2) is 0 Å². The van der Waals surface area contributed by atoms with E-state index in [9.17, 15) is 14.9 Å². The van der Waals surface area contributed by atoms with Crippen LogP contribution in [0, 0.1) is 17.0 Å². The van der Waals surface area contributed by atoms with Crippen molar-refractivity contribution in [3.63, 3.8) is 0 Å². The molecule has 1 unspecified atom stereocenters. The highest BCUT2D eigenvalue weighted by atomic mass is 16.6. The maximum atomic E-state index is 12.1. The number of rotatable bonds is 4. The number of hydrogen-bond donors (Lipinski definition) is 1. The summed E-state index contributed by atoms with van der Waals surface area (Å²) in [7, 11) is 0. The van der Waals surface area contributed by atoms with Crippen molar-refractivity contribution in [3.05, 3.63) is 63.6 Å². The van der Waals surface area contributed by atoms with Crippen molar-refractivity contribution in [2.45, 2.75) is 19.9 Å². The molecule has 0 radical (unpaired) electrons. The second-order valence-corrected chi connectivity index (χ2v) is 5.18. The molecule has 1 amide bonds. The minimum absolute atomic E-state index is 0.114. The van der Waals surface area contributed by atoms with Gasteiger partial charge < -0.3 is 14.2 Å². The maximum absolute atomic E-state index is 12.1. The molecule has 7 nitrogen and oxygen atoms in total. The second kappa shape index (κ2) is 5.60. The summed E-state index contributed by atoms with van der Waals surface area (Å²) in [5.74, 6) is -0.480. The second-order valence-electron chi connectivity index (χ2n) is 5.18. The summed E-state index contributed by atoms with van der Waals surface area (Å²) in [6.07, 6.45) is 0. The van der Waals surface area contributed by atoms with E-state index in [1.54, 1.807) is 6.92 Å². The molecule has 118 valence electrons. The summed E-state index contributed by atoms with van der Waals surface area (Å²) in [5, 5.41) is 14.3. The highest BCUT2D eigenvalue weighted by Gasteiger charge is 2.22. The van der Waals surface area contributed by atoms with Gasteiger partial charge in [0.2, 0.25) is 0 Å². The number of carbonyl (C=O) groups excluding carboxylic acids is 1. The van der Waals surface area contributed by atoms with Crippen molar-refractivity contribution in [1.82, 2.24) is 5.32 Å². The largest absolute Gasteiger partial charge is 0.459 e. The third-order valence-electron chi connectivity index (χ3n) is 3.62. The van der Waals surface area contributed by atoms with Crippen LogP contribution in [0.2, 0.25) is 0 Å². The Hall–Kier alpha value is -3.09. The standard InChI is InChI=1S/C16H14N2O5/c1-9-11-5-3-4-6-12(11)23-15(9)10(2)17-16(19)13-7-8-14(22-13)18(20)21/h3-8,10H,1-2H3,(H,17,19). The van der Waals surface area contributed by atoms with Crippen LogP contribution in [0.3, 0.4) is 0 Å². The number of benzene rings is 1. The van der Waals surface area contributed by atoms with E-state index in [0.717, 1.165) is 22.6 Å². The first-order valence-electron chi connectivity index (χ1n) is 7.00. The van der Waals surface area contributed by atoms with Crippen LogP contribution in [0.4, 0.5) is 5.88 Å². The Balaban J connectivity index is 1.82. The number of carbonyl (C=O) groups is 1. The molecular formula is C16H14N2O5. The Bertz CT molecular complexity index is 893. The summed E-state index contributed by atoms with van der Waals surface area (Å²) in [6, 6.07) is 9.61. The maximum Gasteiger partial charge on any atom is 0.433 e. The number of aryl methyl sites for hydroxylation is 1. The van der Waals surface area contributed by atoms with Gasteiger partial charge in [0.05, 0.1) is 12.1 Å². The third kappa shape index (κ3) is 2.68. The van der Waals surface area contributed by atoms with Crippen LogP contribution < -0.4 is 5.32 Å². The van der Waals surface area contributed by atoms with Crippen molar-refractivity contribution < 1.29 is 18.6 Å². The van der Waals surface area contributed by atoms with E-state index in [1.807, 2.05) is 31.2 Å². The fourth-order valence-corrected chi connectivity index (χ4v) is 2.49. The van der Waals surface area contributed by atoms with E-state index >= 15 is 0 Å². The van der Waals surface area contributed by atoms with Crippen LogP contribution in [-0.2, 0) is 0 Å². The molecule has 3 rings (SSSR count). The number of furan rings is 2. The highest BCUT2D eigenvalue weighted by molar-refractivity contribution is 5.92. The lowest BCUT2D eigenvalue weighted by Crippen LogP contribution is -2.26. The van der Waals surface area contributed by atoms with Gasteiger partial charge in [-0.15, -0.1) is 0 Å². The predicted octanol–water partition coefficient (Wildman–Crippen LogP) is 3.73. The molecule has 0 saturated carbocycles. The van der Waals surface area contributed by atoms with Crippen LogP contribution in [0.25, 0.3) is 11.0 Å². The minimum Gasteiger partial charge on any atom is -0.459 e. The fraction of sp³-hybridized carbons (Fsp3) is 0.188. The summed E-state index contributed by atoms with van der Waals surface area (Å²) >= 11 is 0. The Kier molecular flexibility index (Phi) is 3.61. The van der Waals surface area contributed by atoms with E-state index in [2.05, 4.69) is 5.32 Å². The van der Waals surface area contributed by atoms with Crippen molar-refractivity contribution in [2.24, 2.45) is 0 Å². The van der Waals surface area contributed by atoms with Gasteiger partial charge in [0.15, 0.2) is 5.76 Å². The van der Waals surface area contributed by atoms with Gasteiger partial charge in [0, 0.05) is 10.9 Å². The molecular weight excluding hydrogens is 300 g/mol. The van der Waals surface area contributed by atoms with Gasteiger partial charge in [0.1, 0.15) is 16.3 Å². The number of amides is 1.